The number of esters is 1. The Labute approximate surface area is 93.9 Å². The molecule has 2 heterocycles. The van der Waals surface area contributed by atoms with E-state index < -0.39 is 0 Å². The number of nitrogens with two attached hydrogens (primary N) is 1. The third-order valence-corrected chi connectivity index (χ3v) is 4.52. The molecule has 0 aliphatic carbocycles. The second-order valence-electron chi connectivity index (χ2n) is 4.20. The standard InChI is InChI=1S/C10H17NO3S/c1-13-9(12)8-7(11)5-14-10(8)3-2-4-15-6-10/h7-8H,2-6,11H2,1H3. The molecule has 2 aliphatic heterocycles. The lowest BCUT2D eigenvalue weighted by Gasteiger charge is -2.36. The zero-order valence-corrected chi connectivity index (χ0v) is 9.72. The average Bonchev–Trinajstić information content (AvgIpc) is 2.56. The minimum Gasteiger partial charge on any atom is -0.469 e. The first-order valence-electron chi connectivity index (χ1n) is 5.25. The Balaban J connectivity index is 2.18. The summed E-state index contributed by atoms with van der Waals surface area (Å²) in [6.07, 6.45) is 2.01. The molecule has 2 saturated heterocycles. The van der Waals surface area contributed by atoms with E-state index >= 15 is 0 Å². The third-order valence-electron chi connectivity index (χ3n) is 3.25. The van der Waals surface area contributed by atoms with E-state index in [2.05, 4.69) is 0 Å². The predicted octanol–water partition coefficient (Wildman–Crippen LogP) is 0.399. The molecule has 0 aromatic rings. The number of hydrogen-bond acceptors (Lipinski definition) is 5. The monoisotopic (exact) mass is 231 g/mol. The average molecular weight is 231 g/mol. The highest BCUT2D eigenvalue weighted by Gasteiger charge is 2.53. The van der Waals surface area contributed by atoms with E-state index in [4.69, 9.17) is 15.2 Å². The Morgan fingerprint density at radius 2 is 2.47 bits per heavy atom. The van der Waals surface area contributed by atoms with Crippen molar-refractivity contribution in [2.45, 2.75) is 24.5 Å². The second-order valence-corrected chi connectivity index (χ2v) is 5.30. The molecule has 3 atom stereocenters. The quantitative estimate of drug-likeness (QED) is 0.662. The van der Waals surface area contributed by atoms with Crippen molar-refractivity contribution in [3.8, 4) is 0 Å². The summed E-state index contributed by atoms with van der Waals surface area (Å²) in [6.45, 7) is 0.473. The third kappa shape index (κ3) is 1.88. The van der Waals surface area contributed by atoms with Crippen molar-refractivity contribution in [2.24, 2.45) is 11.7 Å². The van der Waals surface area contributed by atoms with E-state index in [-0.39, 0.29) is 23.5 Å². The molecule has 1 spiro atoms. The number of carbonyl (C=O) groups is 1. The molecule has 0 bridgehead atoms. The van der Waals surface area contributed by atoms with E-state index in [0.717, 1.165) is 24.3 Å². The van der Waals surface area contributed by atoms with Gasteiger partial charge in [-0.2, -0.15) is 11.8 Å². The van der Waals surface area contributed by atoms with Crippen molar-refractivity contribution >= 4 is 17.7 Å². The van der Waals surface area contributed by atoms with Crippen LogP contribution >= 0.6 is 11.8 Å². The second kappa shape index (κ2) is 4.31. The lowest BCUT2D eigenvalue weighted by molar-refractivity contribution is -0.151. The van der Waals surface area contributed by atoms with Gasteiger partial charge in [0.1, 0.15) is 5.92 Å². The van der Waals surface area contributed by atoms with Crippen LogP contribution in [0.5, 0.6) is 0 Å². The number of carbonyl (C=O) groups excluding carboxylic acids is 1. The topological polar surface area (TPSA) is 61.5 Å². The normalized spacial score (nSPS) is 40.7. The van der Waals surface area contributed by atoms with E-state index in [1.54, 1.807) is 0 Å². The predicted molar refractivity (Wildman–Crippen MR) is 58.7 cm³/mol. The Bertz CT molecular complexity index is 248. The van der Waals surface area contributed by atoms with Crippen LogP contribution in [0.4, 0.5) is 0 Å². The SMILES string of the molecule is COC(=O)C1C(N)COC12CCCSC2. The number of rotatable bonds is 1. The van der Waals surface area contributed by atoms with Gasteiger partial charge in [-0.15, -0.1) is 0 Å². The van der Waals surface area contributed by atoms with Gasteiger partial charge in [0, 0.05) is 11.8 Å². The molecule has 15 heavy (non-hydrogen) atoms. The zero-order chi connectivity index (χ0) is 10.9. The van der Waals surface area contributed by atoms with Crippen LogP contribution in [0.3, 0.4) is 0 Å². The molecule has 0 saturated carbocycles. The molecule has 5 heteroatoms. The fourth-order valence-corrected chi connectivity index (χ4v) is 3.75. The lowest BCUT2D eigenvalue weighted by atomic mass is 9.83. The smallest absolute Gasteiger partial charge is 0.313 e. The maximum atomic E-state index is 11.7. The van der Waals surface area contributed by atoms with E-state index in [0.29, 0.717) is 6.61 Å². The molecule has 0 radical (unpaired) electrons. The van der Waals surface area contributed by atoms with Crippen molar-refractivity contribution in [3.05, 3.63) is 0 Å². The molecule has 2 rings (SSSR count). The Morgan fingerprint density at radius 3 is 3.07 bits per heavy atom. The summed E-state index contributed by atoms with van der Waals surface area (Å²) in [6, 6.07) is -0.212. The summed E-state index contributed by atoms with van der Waals surface area (Å²) in [7, 11) is 1.41. The molecule has 86 valence electrons. The molecule has 0 amide bonds. The van der Waals surface area contributed by atoms with Crippen molar-refractivity contribution < 1.29 is 14.3 Å². The molecule has 2 aliphatic rings. The molecule has 0 aromatic carbocycles. The fraction of sp³-hybridized carbons (Fsp3) is 0.900. The van der Waals surface area contributed by atoms with Crippen LogP contribution in [0, 0.1) is 5.92 Å². The Kier molecular flexibility index (Phi) is 3.23. The number of methoxy groups -OCH3 is 1. The number of hydrogen-bond donors (Lipinski definition) is 1. The van der Waals surface area contributed by atoms with Crippen LogP contribution < -0.4 is 5.73 Å². The molecular weight excluding hydrogens is 214 g/mol. The van der Waals surface area contributed by atoms with Gasteiger partial charge >= 0.3 is 5.97 Å². The van der Waals surface area contributed by atoms with Gasteiger partial charge in [-0.05, 0) is 18.6 Å². The van der Waals surface area contributed by atoms with Crippen LogP contribution in [-0.2, 0) is 14.3 Å². The number of thioether (sulfide) groups is 1. The fourth-order valence-electron chi connectivity index (χ4n) is 2.50. The van der Waals surface area contributed by atoms with Gasteiger partial charge in [-0.25, -0.2) is 0 Å². The van der Waals surface area contributed by atoms with Crippen LogP contribution in [0.2, 0.25) is 0 Å². The van der Waals surface area contributed by atoms with Crippen LogP contribution in [-0.4, -0.2) is 42.8 Å². The van der Waals surface area contributed by atoms with Gasteiger partial charge in [0.05, 0.1) is 19.3 Å². The van der Waals surface area contributed by atoms with Crippen molar-refractivity contribution in [3.63, 3.8) is 0 Å². The molecular formula is C10H17NO3S. The van der Waals surface area contributed by atoms with E-state index in [1.165, 1.54) is 7.11 Å². The maximum Gasteiger partial charge on any atom is 0.313 e. The summed E-state index contributed by atoms with van der Waals surface area (Å²) < 4.78 is 10.6. The summed E-state index contributed by atoms with van der Waals surface area (Å²) in [5.41, 5.74) is 5.57. The highest BCUT2D eigenvalue weighted by molar-refractivity contribution is 7.99. The van der Waals surface area contributed by atoms with Crippen molar-refractivity contribution in [1.29, 1.82) is 0 Å². The van der Waals surface area contributed by atoms with Gasteiger partial charge in [0.25, 0.3) is 0 Å². The van der Waals surface area contributed by atoms with Crippen LogP contribution in [0.1, 0.15) is 12.8 Å². The van der Waals surface area contributed by atoms with Crippen LogP contribution in [0.25, 0.3) is 0 Å². The lowest BCUT2D eigenvalue weighted by Crippen LogP contribution is -2.49. The molecule has 3 unspecified atom stereocenters. The van der Waals surface area contributed by atoms with Gasteiger partial charge in [0.2, 0.25) is 0 Å². The molecule has 0 aromatic heterocycles. The maximum absolute atomic E-state index is 11.7. The van der Waals surface area contributed by atoms with Gasteiger partial charge in [0.15, 0.2) is 0 Å². The Morgan fingerprint density at radius 1 is 1.67 bits per heavy atom. The van der Waals surface area contributed by atoms with Crippen molar-refractivity contribution in [1.82, 2.24) is 0 Å². The molecule has 2 N–H and O–H groups in total. The largest absolute Gasteiger partial charge is 0.469 e. The first-order chi connectivity index (χ1) is 7.19. The summed E-state index contributed by atoms with van der Waals surface area (Å²) in [4.78, 5) is 11.7. The first-order valence-corrected chi connectivity index (χ1v) is 6.40. The number of ether oxygens (including phenoxy) is 2. The zero-order valence-electron chi connectivity index (χ0n) is 8.90. The summed E-state index contributed by atoms with van der Waals surface area (Å²) in [5, 5.41) is 0. The summed E-state index contributed by atoms with van der Waals surface area (Å²) in [5.74, 6) is 1.51. The highest BCUT2D eigenvalue weighted by atomic mass is 32.2. The molecule has 2 fully saturated rings. The van der Waals surface area contributed by atoms with E-state index in [1.807, 2.05) is 11.8 Å². The van der Waals surface area contributed by atoms with Crippen LogP contribution in [0.15, 0.2) is 0 Å². The van der Waals surface area contributed by atoms with E-state index in [9.17, 15) is 4.79 Å². The minimum absolute atomic E-state index is 0.212. The summed E-state index contributed by atoms with van der Waals surface area (Å²) >= 11 is 1.84. The van der Waals surface area contributed by atoms with Crippen molar-refractivity contribution in [2.75, 3.05) is 25.2 Å². The van der Waals surface area contributed by atoms with Gasteiger partial charge in [-0.1, -0.05) is 0 Å². The molecule has 4 nitrogen and oxygen atoms in total. The highest BCUT2D eigenvalue weighted by Crippen LogP contribution is 2.42. The van der Waals surface area contributed by atoms with Gasteiger partial charge < -0.3 is 15.2 Å². The Hall–Kier alpha value is -0.260. The minimum atomic E-state index is -0.352. The first kappa shape index (κ1) is 11.2. The van der Waals surface area contributed by atoms with Gasteiger partial charge in [-0.3, -0.25) is 4.79 Å².